The molecule has 108 valence electrons. The molecule has 20 heavy (non-hydrogen) atoms. The number of nitrogens with one attached hydrogen (secondary N) is 1. The SMILES string of the molecule is NC(=O)CN(CC(=O)O)C(=O)NCc1ccc(Cl)cc1. The lowest BCUT2D eigenvalue weighted by Crippen LogP contribution is -2.46. The average molecular weight is 300 g/mol. The predicted molar refractivity (Wildman–Crippen MR) is 72.1 cm³/mol. The number of primary amides is 1. The summed E-state index contributed by atoms with van der Waals surface area (Å²) in [7, 11) is 0. The standard InChI is InChI=1S/C12H14ClN3O4/c13-9-3-1-8(2-4-9)5-15-12(20)16(6-10(14)17)7-11(18)19/h1-4H,5-7H2,(H2,14,17)(H,15,20)(H,18,19). The third-order valence-electron chi connectivity index (χ3n) is 2.32. The Bertz CT molecular complexity index is 488. The molecule has 0 saturated carbocycles. The minimum Gasteiger partial charge on any atom is -0.480 e. The van der Waals surface area contributed by atoms with E-state index < -0.39 is 31.0 Å². The second-order valence-corrected chi connectivity index (χ2v) is 4.44. The van der Waals surface area contributed by atoms with Gasteiger partial charge in [-0.2, -0.15) is 0 Å². The third-order valence-corrected chi connectivity index (χ3v) is 2.57. The molecule has 3 amide bonds. The van der Waals surface area contributed by atoms with Gasteiger partial charge in [0, 0.05) is 11.6 Å². The van der Waals surface area contributed by atoms with Gasteiger partial charge in [-0.1, -0.05) is 23.7 Å². The number of carboxylic acids is 1. The Kier molecular flexibility index (Phi) is 5.79. The zero-order valence-electron chi connectivity index (χ0n) is 10.5. The molecule has 1 aromatic carbocycles. The number of aliphatic carboxylic acids is 1. The summed E-state index contributed by atoms with van der Waals surface area (Å²) in [5, 5.41) is 11.7. The molecule has 0 aromatic heterocycles. The molecular formula is C12H14ClN3O4. The number of hydrogen-bond acceptors (Lipinski definition) is 3. The molecule has 4 N–H and O–H groups in total. The lowest BCUT2D eigenvalue weighted by atomic mass is 10.2. The molecule has 0 aliphatic heterocycles. The highest BCUT2D eigenvalue weighted by Crippen LogP contribution is 2.09. The van der Waals surface area contributed by atoms with Crippen LogP contribution in [0.15, 0.2) is 24.3 Å². The first kappa shape index (κ1) is 15.8. The van der Waals surface area contributed by atoms with Crippen molar-refractivity contribution in [3.8, 4) is 0 Å². The van der Waals surface area contributed by atoms with Crippen molar-refractivity contribution in [2.45, 2.75) is 6.54 Å². The Morgan fingerprint density at radius 3 is 2.30 bits per heavy atom. The van der Waals surface area contributed by atoms with Crippen LogP contribution < -0.4 is 11.1 Å². The van der Waals surface area contributed by atoms with E-state index in [0.29, 0.717) is 5.02 Å². The van der Waals surface area contributed by atoms with Gasteiger partial charge < -0.3 is 21.1 Å². The van der Waals surface area contributed by atoms with Crippen molar-refractivity contribution in [2.75, 3.05) is 13.1 Å². The van der Waals surface area contributed by atoms with Crippen LogP contribution in [0.4, 0.5) is 4.79 Å². The van der Waals surface area contributed by atoms with Gasteiger partial charge in [0.1, 0.15) is 13.1 Å². The van der Waals surface area contributed by atoms with Crippen LogP contribution in [0, 0.1) is 0 Å². The number of rotatable bonds is 6. The third kappa shape index (κ3) is 5.57. The number of nitrogens with two attached hydrogens (primary N) is 1. The number of nitrogens with zero attached hydrogens (tertiary/aromatic N) is 1. The van der Waals surface area contributed by atoms with E-state index in [4.69, 9.17) is 22.4 Å². The van der Waals surface area contributed by atoms with E-state index in [2.05, 4.69) is 5.32 Å². The maximum atomic E-state index is 11.8. The molecule has 0 atom stereocenters. The molecular weight excluding hydrogens is 286 g/mol. The van der Waals surface area contributed by atoms with E-state index in [0.717, 1.165) is 10.5 Å². The van der Waals surface area contributed by atoms with Gasteiger partial charge in [-0.05, 0) is 17.7 Å². The molecule has 1 rings (SSSR count). The fourth-order valence-corrected chi connectivity index (χ4v) is 1.57. The number of carbonyl (C=O) groups excluding carboxylic acids is 2. The molecule has 0 bridgehead atoms. The number of carboxylic acid groups (broad SMARTS) is 1. The highest BCUT2D eigenvalue weighted by Gasteiger charge is 2.18. The second kappa shape index (κ2) is 7.34. The summed E-state index contributed by atoms with van der Waals surface area (Å²) in [6, 6.07) is 6.10. The number of hydrogen-bond donors (Lipinski definition) is 3. The summed E-state index contributed by atoms with van der Waals surface area (Å²) >= 11 is 5.73. The van der Waals surface area contributed by atoms with Crippen LogP contribution in [-0.4, -0.2) is 41.0 Å². The van der Waals surface area contributed by atoms with E-state index in [1.165, 1.54) is 0 Å². The molecule has 0 saturated heterocycles. The van der Waals surface area contributed by atoms with Gasteiger partial charge in [-0.15, -0.1) is 0 Å². The van der Waals surface area contributed by atoms with Gasteiger partial charge in [0.05, 0.1) is 0 Å². The van der Waals surface area contributed by atoms with Crippen LogP contribution in [0.5, 0.6) is 0 Å². The molecule has 0 heterocycles. The van der Waals surface area contributed by atoms with Crippen LogP contribution in [0.1, 0.15) is 5.56 Å². The van der Waals surface area contributed by atoms with Crippen LogP contribution in [0.2, 0.25) is 5.02 Å². The zero-order valence-corrected chi connectivity index (χ0v) is 11.3. The number of urea groups is 1. The second-order valence-electron chi connectivity index (χ2n) is 4.00. The average Bonchev–Trinajstić information content (AvgIpc) is 2.36. The molecule has 0 radical (unpaired) electrons. The van der Waals surface area contributed by atoms with Crippen LogP contribution in [-0.2, 0) is 16.1 Å². The largest absolute Gasteiger partial charge is 0.480 e. The molecule has 7 nitrogen and oxygen atoms in total. The monoisotopic (exact) mass is 299 g/mol. The van der Waals surface area contributed by atoms with Crippen molar-refractivity contribution < 1.29 is 19.5 Å². The molecule has 8 heteroatoms. The quantitative estimate of drug-likeness (QED) is 0.706. The van der Waals surface area contributed by atoms with E-state index in [9.17, 15) is 14.4 Å². The number of carbonyl (C=O) groups is 3. The Balaban J connectivity index is 2.58. The summed E-state index contributed by atoms with van der Waals surface area (Å²) in [6.45, 7) is -0.876. The Morgan fingerprint density at radius 2 is 1.80 bits per heavy atom. The fraction of sp³-hybridized carbons (Fsp3) is 0.250. The van der Waals surface area contributed by atoms with Crippen molar-refractivity contribution in [3.63, 3.8) is 0 Å². The van der Waals surface area contributed by atoms with Crippen molar-refractivity contribution in [3.05, 3.63) is 34.9 Å². The van der Waals surface area contributed by atoms with Gasteiger partial charge in [0.25, 0.3) is 0 Å². The summed E-state index contributed by atoms with van der Waals surface area (Å²) in [6.07, 6.45) is 0. The maximum Gasteiger partial charge on any atom is 0.323 e. The molecule has 0 unspecified atom stereocenters. The summed E-state index contributed by atoms with van der Waals surface area (Å²) in [5.41, 5.74) is 5.75. The zero-order chi connectivity index (χ0) is 15.1. The lowest BCUT2D eigenvalue weighted by Gasteiger charge is -2.19. The smallest absolute Gasteiger partial charge is 0.323 e. The molecule has 0 aliphatic carbocycles. The van der Waals surface area contributed by atoms with Crippen LogP contribution >= 0.6 is 11.6 Å². The van der Waals surface area contributed by atoms with Crippen LogP contribution in [0.3, 0.4) is 0 Å². The molecule has 1 aromatic rings. The Morgan fingerprint density at radius 1 is 1.20 bits per heavy atom. The highest BCUT2D eigenvalue weighted by atomic mass is 35.5. The van der Waals surface area contributed by atoms with Crippen molar-refractivity contribution in [1.82, 2.24) is 10.2 Å². The summed E-state index contributed by atoms with van der Waals surface area (Å²) < 4.78 is 0. The van der Waals surface area contributed by atoms with E-state index in [1.807, 2.05) is 0 Å². The highest BCUT2D eigenvalue weighted by molar-refractivity contribution is 6.30. The first-order chi connectivity index (χ1) is 9.38. The number of halogens is 1. The molecule has 0 fully saturated rings. The summed E-state index contributed by atoms with van der Waals surface area (Å²) in [5.74, 6) is -2.01. The van der Waals surface area contributed by atoms with Gasteiger partial charge >= 0.3 is 12.0 Å². The first-order valence-electron chi connectivity index (χ1n) is 5.66. The Hall–Kier alpha value is -2.28. The maximum absolute atomic E-state index is 11.8. The number of benzene rings is 1. The van der Waals surface area contributed by atoms with E-state index >= 15 is 0 Å². The lowest BCUT2D eigenvalue weighted by molar-refractivity contribution is -0.137. The van der Waals surface area contributed by atoms with Gasteiger partial charge in [-0.3, -0.25) is 9.59 Å². The van der Waals surface area contributed by atoms with E-state index in [1.54, 1.807) is 24.3 Å². The van der Waals surface area contributed by atoms with Gasteiger partial charge in [0.2, 0.25) is 5.91 Å². The van der Waals surface area contributed by atoms with Crippen molar-refractivity contribution in [1.29, 1.82) is 0 Å². The van der Waals surface area contributed by atoms with Gasteiger partial charge in [-0.25, -0.2) is 4.79 Å². The first-order valence-corrected chi connectivity index (χ1v) is 6.03. The summed E-state index contributed by atoms with van der Waals surface area (Å²) in [4.78, 5) is 34.0. The van der Waals surface area contributed by atoms with E-state index in [-0.39, 0.29) is 6.54 Å². The predicted octanol–water partition coefficient (Wildman–Crippen LogP) is 0.422. The van der Waals surface area contributed by atoms with Crippen molar-refractivity contribution in [2.24, 2.45) is 5.73 Å². The number of amides is 3. The van der Waals surface area contributed by atoms with Crippen LogP contribution in [0.25, 0.3) is 0 Å². The molecule has 0 spiro atoms. The topological polar surface area (TPSA) is 113 Å². The normalized spacial score (nSPS) is 9.85. The Labute approximate surface area is 120 Å². The fourth-order valence-electron chi connectivity index (χ4n) is 1.44. The minimum absolute atomic E-state index is 0.185. The minimum atomic E-state index is -1.23. The van der Waals surface area contributed by atoms with Gasteiger partial charge in [0.15, 0.2) is 0 Å². The van der Waals surface area contributed by atoms with Crippen molar-refractivity contribution >= 4 is 29.5 Å². The molecule has 0 aliphatic rings.